The lowest BCUT2D eigenvalue weighted by Gasteiger charge is -2.28. The van der Waals surface area contributed by atoms with Gasteiger partial charge in [0.25, 0.3) is 5.91 Å². The molecular weight excluding hydrogens is 491 g/mol. The van der Waals surface area contributed by atoms with E-state index in [0.717, 1.165) is 41.4 Å². The second-order valence-corrected chi connectivity index (χ2v) is 9.62. The SMILES string of the molecule is COc1ccccc1-n1nc(CN(C)C(=O)c2cccc(Cl)c2)c2c1CCN(Cc1ccccc1F)C2. The molecule has 1 aromatic heterocycles. The maximum Gasteiger partial charge on any atom is 0.254 e. The van der Waals surface area contributed by atoms with E-state index in [1.165, 1.54) is 6.07 Å². The molecule has 0 atom stereocenters. The van der Waals surface area contributed by atoms with Crippen LogP contribution in [-0.4, -0.2) is 46.2 Å². The number of hydrogen-bond donors (Lipinski definition) is 0. The molecule has 2 heterocycles. The lowest BCUT2D eigenvalue weighted by Crippen LogP contribution is -2.32. The molecule has 0 saturated heterocycles. The number of methoxy groups -OCH3 is 1. The van der Waals surface area contributed by atoms with Gasteiger partial charge >= 0.3 is 0 Å². The lowest BCUT2D eigenvalue weighted by atomic mass is 10.0. The zero-order valence-electron chi connectivity index (χ0n) is 20.8. The number of carbonyl (C=O) groups is 1. The van der Waals surface area contributed by atoms with Crippen LogP contribution < -0.4 is 4.74 Å². The molecule has 0 unspecified atom stereocenters. The molecule has 0 N–H and O–H groups in total. The number of ether oxygens (including phenoxy) is 1. The highest BCUT2D eigenvalue weighted by atomic mass is 35.5. The molecule has 1 aliphatic heterocycles. The summed E-state index contributed by atoms with van der Waals surface area (Å²) in [6.07, 6.45) is 0.737. The second-order valence-electron chi connectivity index (χ2n) is 9.18. The Morgan fingerprint density at radius 2 is 1.89 bits per heavy atom. The fourth-order valence-corrected chi connectivity index (χ4v) is 5.00. The van der Waals surface area contributed by atoms with Crippen LogP contribution in [0, 0.1) is 5.82 Å². The topological polar surface area (TPSA) is 50.6 Å². The fourth-order valence-electron chi connectivity index (χ4n) is 4.81. The Labute approximate surface area is 220 Å². The van der Waals surface area contributed by atoms with Crippen molar-refractivity contribution in [2.24, 2.45) is 0 Å². The molecule has 0 bridgehead atoms. The summed E-state index contributed by atoms with van der Waals surface area (Å²) < 4.78 is 21.9. The Kier molecular flexibility index (Phi) is 7.26. The molecule has 0 fully saturated rings. The third-order valence-corrected chi connectivity index (χ3v) is 6.93. The van der Waals surface area contributed by atoms with Crippen LogP contribution in [0.15, 0.2) is 72.8 Å². The highest BCUT2D eigenvalue weighted by Crippen LogP contribution is 2.31. The van der Waals surface area contributed by atoms with Gasteiger partial charge in [-0.2, -0.15) is 5.10 Å². The molecule has 3 aromatic carbocycles. The van der Waals surface area contributed by atoms with Crippen LogP contribution in [0.2, 0.25) is 5.02 Å². The minimum atomic E-state index is -0.204. The zero-order valence-corrected chi connectivity index (χ0v) is 21.6. The summed E-state index contributed by atoms with van der Waals surface area (Å²) in [5.41, 5.74) is 4.97. The van der Waals surface area contributed by atoms with E-state index in [4.69, 9.17) is 21.4 Å². The standard InChI is InChI=1S/C29H28ClFN4O2/c1-33(29(36)20-9-7-10-22(30)16-20)19-25-23-18-34(17-21-8-3-4-11-24(21)31)15-14-26(23)35(32-25)27-12-5-6-13-28(27)37-2/h3-13,16H,14-15,17-19H2,1-2H3. The van der Waals surface area contributed by atoms with E-state index < -0.39 is 0 Å². The number of halogens is 2. The summed E-state index contributed by atoms with van der Waals surface area (Å²) >= 11 is 6.11. The van der Waals surface area contributed by atoms with Crippen LogP contribution in [0.3, 0.4) is 0 Å². The first kappa shape index (κ1) is 25.0. The van der Waals surface area contributed by atoms with Crippen molar-refractivity contribution in [1.29, 1.82) is 0 Å². The Balaban J connectivity index is 1.49. The molecule has 190 valence electrons. The van der Waals surface area contributed by atoms with Crippen LogP contribution in [0.1, 0.15) is 32.9 Å². The molecule has 0 saturated carbocycles. The summed E-state index contributed by atoms with van der Waals surface area (Å²) in [6, 6.07) is 21.6. The molecular formula is C29H28ClFN4O2. The molecule has 1 aliphatic rings. The lowest BCUT2D eigenvalue weighted by molar-refractivity contribution is 0.0782. The van der Waals surface area contributed by atoms with Crippen molar-refractivity contribution >= 4 is 17.5 Å². The summed E-state index contributed by atoms with van der Waals surface area (Å²) in [6.45, 7) is 2.19. The maximum atomic E-state index is 14.4. The van der Waals surface area contributed by atoms with Gasteiger partial charge in [0.05, 0.1) is 25.0 Å². The molecule has 1 amide bonds. The van der Waals surface area contributed by atoms with Crippen molar-refractivity contribution in [3.05, 3.63) is 112 Å². The van der Waals surface area contributed by atoms with Crippen molar-refractivity contribution in [2.45, 2.75) is 26.1 Å². The first-order valence-corrected chi connectivity index (χ1v) is 12.5. The number of amides is 1. The number of fused-ring (bicyclic) bond motifs is 1. The van der Waals surface area contributed by atoms with Gasteiger partial charge in [0.15, 0.2) is 0 Å². The van der Waals surface area contributed by atoms with Gasteiger partial charge in [-0.25, -0.2) is 9.07 Å². The predicted molar refractivity (Wildman–Crippen MR) is 142 cm³/mol. The molecule has 37 heavy (non-hydrogen) atoms. The molecule has 0 aliphatic carbocycles. The van der Waals surface area contributed by atoms with E-state index in [0.29, 0.717) is 35.8 Å². The first-order valence-electron chi connectivity index (χ1n) is 12.1. The molecule has 6 nitrogen and oxygen atoms in total. The van der Waals surface area contributed by atoms with E-state index in [2.05, 4.69) is 4.90 Å². The smallest absolute Gasteiger partial charge is 0.254 e. The highest BCUT2D eigenvalue weighted by Gasteiger charge is 2.28. The summed E-state index contributed by atoms with van der Waals surface area (Å²) in [7, 11) is 3.40. The number of carbonyl (C=O) groups excluding carboxylic acids is 1. The normalized spacial score (nSPS) is 13.3. The number of benzene rings is 3. The van der Waals surface area contributed by atoms with Crippen molar-refractivity contribution in [3.63, 3.8) is 0 Å². The van der Waals surface area contributed by atoms with Gasteiger partial charge in [0.1, 0.15) is 17.3 Å². The third-order valence-electron chi connectivity index (χ3n) is 6.69. The van der Waals surface area contributed by atoms with Gasteiger partial charge in [0, 0.05) is 54.8 Å². The number of hydrogen-bond acceptors (Lipinski definition) is 4. The minimum absolute atomic E-state index is 0.137. The van der Waals surface area contributed by atoms with E-state index in [9.17, 15) is 9.18 Å². The van der Waals surface area contributed by atoms with Crippen molar-refractivity contribution < 1.29 is 13.9 Å². The van der Waals surface area contributed by atoms with Crippen LogP contribution >= 0.6 is 11.6 Å². The molecule has 5 rings (SSSR count). The van der Waals surface area contributed by atoms with Crippen LogP contribution in [0.5, 0.6) is 5.75 Å². The number of rotatable bonds is 7. The van der Waals surface area contributed by atoms with Crippen molar-refractivity contribution in [1.82, 2.24) is 19.6 Å². The van der Waals surface area contributed by atoms with Crippen LogP contribution in [0.4, 0.5) is 4.39 Å². The Bertz CT molecular complexity index is 1440. The van der Waals surface area contributed by atoms with Gasteiger partial charge in [0.2, 0.25) is 0 Å². The van der Waals surface area contributed by atoms with E-state index in [-0.39, 0.29) is 11.7 Å². The van der Waals surface area contributed by atoms with Crippen molar-refractivity contribution in [2.75, 3.05) is 20.7 Å². The monoisotopic (exact) mass is 518 g/mol. The van der Waals surface area contributed by atoms with Crippen molar-refractivity contribution in [3.8, 4) is 11.4 Å². The van der Waals surface area contributed by atoms with Gasteiger partial charge in [-0.1, -0.05) is 48.0 Å². The molecule has 4 aromatic rings. The number of aromatic nitrogens is 2. The average molecular weight is 519 g/mol. The zero-order chi connectivity index (χ0) is 25.9. The van der Waals surface area contributed by atoms with E-state index in [1.807, 2.05) is 41.1 Å². The molecule has 8 heteroatoms. The predicted octanol–water partition coefficient (Wildman–Crippen LogP) is 5.50. The van der Waals surface area contributed by atoms with E-state index in [1.54, 1.807) is 49.4 Å². The summed E-state index contributed by atoms with van der Waals surface area (Å²) in [5, 5.41) is 5.49. The largest absolute Gasteiger partial charge is 0.494 e. The summed E-state index contributed by atoms with van der Waals surface area (Å²) in [4.78, 5) is 17.0. The third kappa shape index (κ3) is 5.24. The Hall–Kier alpha value is -3.68. The average Bonchev–Trinajstić information content (AvgIpc) is 3.26. The quantitative estimate of drug-likeness (QED) is 0.324. The maximum absolute atomic E-state index is 14.4. The Morgan fingerprint density at radius 3 is 2.68 bits per heavy atom. The Morgan fingerprint density at radius 1 is 1.11 bits per heavy atom. The van der Waals surface area contributed by atoms with Gasteiger partial charge in [-0.15, -0.1) is 0 Å². The second kappa shape index (κ2) is 10.7. The first-order chi connectivity index (χ1) is 17.9. The van der Waals surface area contributed by atoms with E-state index >= 15 is 0 Å². The molecule has 0 spiro atoms. The van der Waals surface area contributed by atoms with Gasteiger partial charge < -0.3 is 9.64 Å². The molecule has 0 radical (unpaired) electrons. The fraction of sp³-hybridized carbons (Fsp3) is 0.241. The highest BCUT2D eigenvalue weighted by molar-refractivity contribution is 6.30. The minimum Gasteiger partial charge on any atom is -0.494 e. The summed E-state index contributed by atoms with van der Waals surface area (Å²) in [5.74, 6) is 0.378. The van der Waals surface area contributed by atoms with Crippen LogP contribution in [-0.2, 0) is 26.1 Å². The van der Waals surface area contributed by atoms with Gasteiger partial charge in [-0.05, 0) is 36.4 Å². The van der Waals surface area contributed by atoms with Crippen LogP contribution in [0.25, 0.3) is 5.69 Å². The van der Waals surface area contributed by atoms with Gasteiger partial charge in [-0.3, -0.25) is 9.69 Å². The number of nitrogens with zero attached hydrogens (tertiary/aromatic N) is 4. The number of para-hydroxylation sites is 2.